The molecule has 0 atom stereocenters. The molecular weight excluding hydrogens is 386 g/mol. The molecule has 0 aliphatic heterocycles. The van der Waals surface area contributed by atoms with Crippen molar-refractivity contribution in [1.82, 2.24) is 14.8 Å². The van der Waals surface area contributed by atoms with Crippen molar-refractivity contribution in [3.63, 3.8) is 0 Å². The normalized spacial score (nSPS) is 10.7. The van der Waals surface area contributed by atoms with Gasteiger partial charge in [-0.25, -0.2) is 9.78 Å². The molecule has 146 valence electrons. The lowest BCUT2D eigenvalue weighted by Gasteiger charge is -2.02. The quantitative estimate of drug-likeness (QED) is 0.426. The topological polar surface area (TPSA) is 66.2 Å². The molecule has 0 spiro atoms. The van der Waals surface area contributed by atoms with Gasteiger partial charge in [0.25, 0.3) is 0 Å². The third-order valence-corrected chi connectivity index (χ3v) is 5.22. The summed E-state index contributed by atoms with van der Waals surface area (Å²) in [6.45, 7) is 0.716. The first kappa shape index (κ1) is 18.9. The second-order valence-electron chi connectivity index (χ2n) is 6.36. The highest BCUT2D eigenvalue weighted by Crippen LogP contribution is 2.27. The highest BCUT2D eigenvalue weighted by molar-refractivity contribution is 7.13. The molecule has 6 nitrogen and oxygen atoms in total. The smallest absolute Gasteiger partial charge is 0.341 e. The van der Waals surface area contributed by atoms with E-state index in [2.05, 4.69) is 10.1 Å². The van der Waals surface area contributed by atoms with Gasteiger partial charge in [0.15, 0.2) is 0 Å². The Balaban J connectivity index is 1.36. The number of ether oxygens (including phenoxy) is 2. The number of aromatic nitrogens is 3. The Bertz CT molecular complexity index is 1110. The van der Waals surface area contributed by atoms with Crippen molar-refractivity contribution in [2.75, 3.05) is 7.11 Å². The SMILES string of the molecule is COc1cccc(-c2nc(COC(=O)c3cnn(Cc4ccccc4)c3)cs2)c1. The molecule has 0 N–H and O–H groups in total. The lowest BCUT2D eigenvalue weighted by molar-refractivity contribution is 0.0468. The van der Waals surface area contributed by atoms with Gasteiger partial charge in [0.05, 0.1) is 31.1 Å². The molecule has 0 amide bonds. The second kappa shape index (κ2) is 8.70. The summed E-state index contributed by atoms with van der Waals surface area (Å²) in [6, 6.07) is 17.6. The molecule has 4 rings (SSSR count). The fourth-order valence-electron chi connectivity index (χ4n) is 2.81. The van der Waals surface area contributed by atoms with E-state index in [0.717, 1.165) is 21.9 Å². The van der Waals surface area contributed by atoms with Crippen molar-refractivity contribution < 1.29 is 14.3 Å². The summed E-state index contributed by atoms with van der Waals surface area (Å²) in [5, 5.41) is 6.98. The van der Waals surface area contributed by atoms with Crippen LogP contribution in [0.25, 0.3) is 10.6 Å². The third-order valence-electron chi connectivity index (χ3n) is 4.28. The van der Waals surface area contributed by atoms with E-state index >= 15 is 0 Å². The second-order valence-corrected chi connectivity index (χ2v) is 7.22. The summed E-state index contributed by atoms with van der Waals surface area (Å²) < 4.78 is 12.4. The average molecular weight is 405 g/mol. The van der Waals surface area contributed by atoms with E-state index in [-0.39, 0.29) is 6.61 Å². The summed E-state index contributed by atoms with van der Waals surface area (Å²) in [5.41, 5.74) is 3.21. The highest BCUT2D eigenvalue weighted by Gasteiger charge is 2.12. The first-order valence-electron chi connectivity index (χ1n) is 9.03. The van der Waals surface area contributed by atoms with Gasteiger partial charge in [0.1, 0.15) is 17.4 Å². The summed E-state index contributed by atoms with van der Waals surface area (Å²) in [6.07, 6.45) is 3.21. The van der Waals surface area contributed by atoms with Crippen molar-refractivity contribution in [3.8, 4) is 16.3 Å². The Morgan fingerprint density at radius 1 is 1.14 bits per heavy atom. The van der Waals surface area contributed by atoms with Crippen LogP contribution in [0, 0.1) is 0 Å². The van der Waals surface area contributed by atoms with Crippen molar-refractivity contribution in [2.45, 2.75) is 13.2 Å². The highest BCUT2D eigenvalue weighted by atomic mass is 32.1. The van der Waals surface area contributed by atoms with E-state index in [9.17, 15) is 4.79 Å². The molecule has 2 aromatic heterocycles. The van der Waals surface area contributed by atoms with E-state index in [1.54, 1.807) is 18.0 Å². The van der Waals surface area contributed by atoms with Gasteiger partial charge in [-0.2, -0.15) is 5.10 Å². The number of hydrogen-bond donors (Lipinski definition) is 0. The van der Waals surface area contributed by atoms with E-state index < -0.39 is 5.97 Å². The maximum Gasteiger partial charge on any atom is 0.341 e. The van der Waals surface area contributed by atoms with Gasteiger partial charge in [0, 0.05) is 17.1 Å². The van der Waals surface area contributed by atoms with Crippen molar-refractivity contribution in [2.24, 2.45) is 0 Å². The van der Waals surface area contributed by atoms with Crippen LogP contribution in [0.3, 0.4) is 0 Å². The molecule has 0 aliphatic carbocycles. The van der Waals surface area contributed by atoms with Gasteiger partial charge in [-0.05, 0) is 17.7 Å². The largest absolute Gasteiger partial charge is 0.497 e. The fourth-order valence-corrected chi connectivity index (χ4v) is 3.61. The number of methoxy groups -OCH3 is 1. The first-order chi connectivity index (χ1) is 14.2. The van der Waals surface area contributed by atoms with Crippen LogP contribution in [0.4, 0.5) is 0 Å². The lowest BCUT2D eigenvalue weighted by atomic mass is 10.2. The number of thiazole rings is 1. The molecule has 0 saturated heterocycles. The monoisotopic (exact) mass is 405 g/mol. The zero-order valence-corrected chi connectivity index (χ0v) is 16.6. The Labute approximate surface area is 172 Å². The minimum Gasteiger partial charge on any atom is -0.497 e. The van der Waals surface area contributed by atoms with Crippen molar-refractivity contribution in [3.05, 3.63) is 89.2 Å². The molecule has 7 heteroatoms. The number of hydrogen-bond acceptors (Lipinski definition) is 6. The Hall–Kier alpha value is -3.45. The van der Waals surface area contributed by atoms with E-state index in [4.69, 9.17) is 9.47 Å². The molecule has 0 fully saturated rings. The number of carbonyl (C=O) groups excluding carboxylic acids is 1. The van der Waals surface area contributed by atoms with Crippen LogP contribution >= 0.6 is 11.3 Å². The molecule has 0 bridgehead atoms. The Morgan fingerprint density at radius 2 is 2.00 bits per heavy atom. The molecule has 2 aromatic carbocycles. The van der Waals surface area contributed by atoms with Crippen molar-refractivity contribution >= 4 is 17.3 Å². The van der Waals surface area contributed by atoms with E-state index in [1.807, 2.05) is 60.0 Å². The van der Waals surface area contributed by atoms with Gasteiger partial charge in [-0.3, -0.25) is 4.68 Å². The number of esters is 1. The maximum absolute atomic E-state index is 12.3. The fraction of sp³-hybridized carbons (Fsp3) is 0.136. The maximum atomic E-state index is 12.3. The Kier molecular flexibility index (Phi) is 5.67. The zero-order chi connectivity index (χ0) is 20.1. The molecule has 0 aliphatic rings. The minimum atomic E-state index is -0.416. The summed E-state index contributed by atoms with van der Waals surface area (Å²) in [7, 11) is 1.63. The van der Waals surface area contributed by atoms with Crippen LogP contribution in [0.15, 0.2) is 72.4 Å². The zero-order valence-electron chi connectivity index (χ0n) is 15.8. The van der Waals surface area contributed by atoms with Gasteiger partial charge >= 0.3 is 5.97 Å². The third kappa shape index (κ3) is 4.70. The van der Waals surface area contributed by atoms with E-state index in [1.165, 1.54) is 17.5 Å². The average Bonchev–Trinajstić information content (AvgIpc) is 3.43. The van der Waals surface area contributed by atoms with Crippen LogP contribution in [0.2, 0.25) is 0 Å². The lowest BCUT2D eigenvalue weighted by Crippen LogP contribution is -2.05. The van der Waals surface area contributed by atoms with Gasteiger partial charge in [-0.15, -0.1) is 11.3 Å². The number of carbonyl (C=O) groups is 1. The van der Waals surface area contributed by atoms with E-state index in [0.29, 0.717) is 17.8 Å². The van der Waals surface area contributed by atoms with Gasteiger partial charge < -0.3 is 9.47 Å². The molecule has 0 radical (unpaired) electrons. The Morgan fingerprint density at radius 3 is 2.83 bits per heavy atom. The van der Waals surface area contributed by atoms with Crippen LogP contribution in [0.1, 0.15) is 21.6 Å². The molecule has 2 heterocycles. The first-order valence-corrected chi connectivity index (χ1v) is 9.91. The van der Waals surface area contributed by atoms with Crippen LogP contribution in [-0.4, -0.2) is 27.8 Å². The van der Waals surface area contributed by atoms with Crippen molar-refractivity contribution in [1.29, 1.82) is 0 Å². The van der Waals surface area contributed by atoms with Crippen LogP contribution in [-0.2, 0) is 17.9 Å². The summed E-state index contributed by atoms with van der Waals surface area (Å²) >= 11 is 1.50. The predicted molar refractivity (Wildman–Crippen MR) is 111 cm³/mol. The van der Waals surface area contributed by atoms with Crippen LogP contribution in [0.5, 0.6) is 5.75 Å². The number of rotatable bonds is 7. The summed E-state index contributed by atoms with van der Waals surface area (Å²) in [4.78, 5) is 16.9. The number of benzene rings is 2. The number of nitrogens with zero attached hydrogens (tertiary/aromatic N) is 3. The van der Waals surface area contributed by atoms with Gasteiger partial charge in [-0.1, -0.05) is 42.5 Å². The molecule has 4 aromatic rings. The predicted octanol–water partition coefficient (Wildman–Crippen LogP) is 4.42. The summed E-state index contributed by atoms with van der Waals surface area (Å²) in [5.74, 6) is 0.360. The minimum absolute atomic E-state index is 0.114. The van der Waals surface area contributed by atoms with Crippen LogP contribution < -0.4 is 4.74 Å². The molecule has 29 heavy (non-hydrogen) atoms. The van der Waals surface area contributed by atoms with Gasteiger partial charge in [0.2, 0.25) is 0 Å². The molecular formula is C22H19N3O3S. The standard InChI is InChI=1S/C22H19N3O3S/c1-27-20-9-5-8-17(10-20)21-24-19(15-29-21)14-28-22(26)18-11-23-25(13-18)12-16-6-3-2-4-7-16/h2-11,13,15H,12,14H2,1H3. The molecule has 0 unspecified atom stereocenters. The molecule has 0 saturated carbocycles.